The fourth-order valence-electron chi connectivity index (χ4n) is 3.73. The normalized spacial score (nSPS) is 15.1. The lowest BCUT2D eigenvalue weighted by Gasteiger charge is -2.31. The van der Waals surface area contributed by atoms with Crippen LogP contribution in [0, 0.1) is 18.7 Å². The minimum Gasteiger partial charge on any atom is -0.338 e. The molecular weight excluding hydrogens is 391 g/mol. The van der Waals surface area contributed by atoms with E-state index in [0.29, 0.717) is 36.5 Å². The van der Waals surface area contributed by atoms with Crippen LogP contribution in [0.4, 0.5) is 10.1 Å². The summed E-state index contributed by atoms with van der Waals surface area (Å²) in [6.07, 6.45) is 4.70. The predicted molar refractivity (Wildman–Crippen MR) is 112 cm³/mol. The number of rotatable bonds is 4. The van der Waals surface area contributed by atoms with Gasteiger partial charge < -0.3 is 10.2 Å². The lowest BCUT2D eigenvalue weighted by atomic mass is 9.95. The van der Waals surface area contributed by atoms with Gasteiger partial charge in [0.2, 0.25) is 5.91 Å². The number of likely N-dealkylation sites (tertiary alicyclic amines) is 1. The van der Waals surface area contributed by atoms with Gasteiger partial charge in [-0.05, 0) is 55.8 Å². The van der Waals surface area contributed by atoms with E-state index in [2.05, 4.69) is 10.4 Å². The number of nitrogens with zero attached hydrogens (tertiary/aromatic N) is 3. The molecule has 0 saturated carbocycles. The minimum absolute atomic E-state index is 0.0266. The van der Waals surface area contributed by atoms with Crippen molar-refractivity contribution in [2.45, 2.75) is 33.2 Å². The molecule has 0 bridgehead atoms. The lowest BCUT2D eigenvalue weighted by Crippen LogP contribution is -2.41. The first-order valence-corrected chi connectivity index (χ1v) is 10.6. The molecule has 6 nitrogen and oxygen atoms in total. The van der Waals surface area contributed by atoms with Crippen LogP contribution in [-0.4, -0.2) is 39.6 Å². The van der Waals surface area contributed by atoms with Crippen molar-refractivity contribution >= 4 is 38.9 Å². The largest absolute Gasteiger partial charge is 0.338 e. The van der Waals surface area contributed by atoms with Gasteiger partial charge in [0, 0.05) is 36.4 Å². The lowest BCUT2D eigenvalue weighted by molar-refractivity contribution is -0.121. The number of halogens is 1. The van der Waals surface area contributed by atoms with Crippen molar-refractivity contribution in [3.8, 4) is 0 Å². The molecule has 3 aromatic rings. The highest BCUT2D eigenvalue weighted by Gasteiger charge is 2.29. The Morgan fingerprint density at radius 3 is 2.76 bits per heavy atom. The number of carbonyl (C=O) groups excluding carboxylic acids is 2. The fraction of sp³-hybridized carbons (Fsp3) is 0.381. The molecule has 1 fully saturated rings. The van der Waals surface area contributed by atoms with Gasteiger partial charge in [-0.2, -0.15) is 5.10 Å². The zero-order chi connectivity index (χ0) is 20.5. The van der Waals surface area contributed by atoms with Gasteiger partial charge in [-0.25, -0.2) is 4.39 Å². The maximum absolute atomic E-state index is 13.5. The van der Waals surface area contributed by atoms with Crippen molar-refractivity contribution < 1.29 is 14.0 Å². The molecule has 0 aliphatic carbocycles. The van der Waals surface area contributed by atoms with E-state index < -0.39 is 0 Å². The van der Waals surface area contributed by atoms with Gasteiger partial charge in [-0.3, -0.25) is 14.3 Å². The van der Waals surface area contributed by atoms with Gasteiger partial charge in [-0.1, -0.05) is 0 Å². The van der Waals surface area contributed by atoms with Gasteiger partial charge in [0.15, 0.2) is 0 Å². The first-order chi connectivity index (χ1) is 14.0. The van der Waals surface area contributed by atoms with Crippen molar-refractivity contribution in [3.63, 3.8) is 0 Å². The average molecular weight is 415 g/mol. The smallest absolute Gasteiger partial charge is 0.264 e. The highest BCUT2D eigenvalue weighted by Crippen LogP contribution is 2.33. The molecule has 0 atom stereocenters. The molecule has 1 saturated heterocycles. The molecule has 29 heavy (non-hydrogen) atoms. The van der Waals surface area contributed by atoms with E-state index in [1.54, 1.807) is 21.8 Å². The van der Waals surface area contributed by atoms with E-state index in [4.69, 9.17) is 0 Å². The summed E-state index contributed by atoms with van der Waals surface area (Å²) in [5.41, 5.74) is 1.52. The number of nitrogens with one attached hydrogen (secondary N) is 1. The van der Waals surface area contributed by atoms with Crippen LogP contribution in [0.3, 0.4) is 0 Å². The summed E-state index contributed by atoms with van der Waals surface area (Å²) in [5.74, 6) is -0.483. The van der Waals surface area contributed by atoms with E-state index in [9.17, 15) is 14.0 Å². The third kappa shape index (κ3) is 3.89. The number of benzene rings is 1. The molecule has 0 unspecified atom stereocenters. The third-order valence-electron chi connectivity index (χ3n) is 5.47. The van der Waals surface area contributed by atoms with Crippen LogP contribution in [0.5, 0.6) is 0 Å². The van der Waals surface area contributed by atoms with Gasteiger partial charge >= 0.3 is 0 Å². The molecule has 2 amide bonds. The molecule has 1 aliphatic heterocycles. The Hall–Kier alpha value is -2.74. The van der Waals surface area contributed by atoms with Crippen LogP contribution in [-0.2, 0) is 11.3 Å². The molecule has 2 aromatic heterocycles. The van der Waals surface area contributed by atoms with Crippen LogP contribution < -0.4 is 5.32 Å². The van der Waals surface area contributed by atoms with Crippen molar-refractivity contribution in [2.75, 3.05) is 18.4 Å². The molecule has 3 heterocycles. The molecule has 1 aliphatic rings. The first kappa shape index (κ1) is 19.6. The van der Waals surface area contributed by atoms with Crippen molar-refractivity contribution in [1.29, 1.82) is 0 Å². The number of thiophene rings is 1. The fourth-order valence-corrected chi connectivity index (χ4v) is 4.89. The summed E-state index contributed by atoms with van der Waals surface area (Å²) >= 11 is 1.40. The van der Waals surface area contributed by atoms with E-state index in [1.807, 2.05) is 20.0 Å². The van der Waals surface area contributed by atoms with Gasteiger partial charge in [0.05, 0.1) is 16.8 Å². The van der Waals surface area contributed by atoms with Crippen LogP contribution in [0.2, 0.25) is 0 Å². The molecule has 8 heteroatoms. The molecule has 152 valence electrons. The molecule has 0 spiro atoms. The number of aromatic nitrogens is 2. The van der Waals surface area contributed by atoms with E-state index in [-0.39, 0.29) is 23.5 Å². The average Bonchev–Trinajstić information content (AvgIpc) is 3.32. The summed E-state index contributed by atoms with van der Waals surface area (Å²) in [5, 5.41) is 7.87. The molecule has 1 N–H and O–H groups in total. The highest BCUT2D eigenvalue weighted by molar-refractivity contribution is 7.21. The summed E-state index contributed by atoms with van der Waals surface area (Å²) in [4.78, 5) is 28.0. The van der Waals surface area contributed by atoms with Crippen molar-refractivity contribution in [2.24, 2.45) is 5.92 Å². The number of anilines is 1. The van der Waals surface area contributed by atoms with Gasteiger partial charge in [0.1, 0.15) is 5.82 Å². The van der Waals surface area contributed by atoms with Crippen LogP contribution >= 0.6 is 11.3 Å². The summed E-state index contributed by atoms with van der Waals surface area (Å²) in [6, 6.07) is 4.62. The Morgan fingerprint density at radius 1 is 1.31 bits per heavy atom. The molecular formula is C21H23FN4O2S. The number of aryl methyl sites for hydroxylation is 2. The second kappa shape index (κ2) is 7.94. The van der Waals surface area contributed by atoms with Crippen molar-refractivity contribution in [3.05, 3.63) is 46.9 Å². The summed E-state index contributed by atoms with van der Waals surface area (Å²) < 4.78 is 16.2. The molecule has 1 aromatic carbocycles. The Labute approximate surface area is 172 Å². The number of hydrogen-bond acceptors (Lipinski definition) is 4. The molecule has 4 rings (SSSR count). The Morgan fingerprint density at radius 2 is 2.07 bits per heavy atom. The van der Waals surface area contributed by atoms with Crippen LogP contribution in [0.25, 0.3) is 10.1 Å². The number of carbonyl (C=O) groups is 2. The Bertz CT molecular complexity index is 1070. The number of hydrogen-bond donors (Lipinski definition) is 1. The zero-order valence-corrected chi connectivity index (χ0v) is 17.3. The predicted octanol–water partition coefficient (Wildman–Crippen LogP) is 4.06. The topological polar surface area (TPSA) is 67.2 Å². The standard InChI is InChI=1S/C21H23FN4O2S/c1-3-26-12-16(11-23-26)24-20(27)14-6-8-25(9-7-14)21(28)19-13(2)17-10-15(22)4-5-18(17)29-19/h4-5,10-12,14H,3,6-9H2,1-2H3,(H,24,27). The number of piperidine rings is 1. The quantitative estimate of drug-likeness (QED) is 0.700. The van der Waals surface area contributed by atoms with Crippen LogP contribution in [0.15, 0.2) is 30.6 Å². The molecule has 0 radical (unpaired) electrons. The van der Waals surface area contributed by atoms with Crippen LogP contribution in [0.1, 0.15) is 35.0 Å². The minimum atomic E-state index is -0.297. The summed E-state index contributed by atoms with van der Waals surface area (Å²) in [6.45, 7) is 5.67. The second-order valence-electron chi connectivity index (χ2n) is 7.34. The first-order valence-electron chi connectivity index (χ1n) is 9.77. The third-order valence-corrected chi connectivity index (χ3v) is 6.73. The second-order valence-corrected chi connectivity index (χ2v) is 8.39. The maximum Gasteiger partial charge on any atom is 0.264 e. The van der Waals surface area contributed by atoms with E-state index >= 15 is 0 Å². The monoisotopic (exact) mass is 414 g/mol. The van der Waals surface area contributed by atoms with Crippen molar-refractivity contribution in [1.82, 2.24) is 14.7 Å². The summed E-state index contributed by atoms with van der Waals surface area (Å²) in [7, 11) is 0. The SMILES string of the molecule is CCn1cc(NC(=O)C2CCN(C(=O)c3sc4ccc(F)cc4c3C)CC2)cn1. The Kier molecular flexibility index (Phi) is 5.36. The zero-order valence-electron chi connectivity index (χ0n) is 16.4. The Balaban J connectivity index is 1.39. The van der Waals surface area contributed by atoms with E-state index in [0.717, 1.165) is 22.2 Å². The number of fused-ring (bicyclic) bond motifs is 1. The van der Waals surface area contributed by atoms with Gasteiger partial charge in [0.25, 0.3) is 5.91 Å². The van der Waals surface area contributed by atoms with E-state index in [1.165, 1.54) is 23.5 Å². The maximum atomic E-state index is 13.5. The van der Waals surface area contributed by atoms with Gasteiger partial charge in [-0.15, -0.1) is 11.3 Å². The highest BCUT2D eigenvalue weighted by atomic mass is 32.1. The number of amides is 2.